The molecule has 0 fully saturated rings. The van der Waals surface area contributed by atoms with Gasteiger partial charge in [0.25, 0.3) is 0 Å². The summed E-state index contributed by atoms with van der Waals surface area (Å²) in [7, 11) is 1.69. The lowest BCUT2D eigenvalue weighted by Gasteiger charge is -2.03. The van der Waals surface area contributed by atoms with Crippen LogP contribution in [0, 0.1) is 0 Å². The van der Waals surface area contributed by atoms with E-state index in [4.69, 9.17) is 10.5 Å². The zero-order valence-electron chi connectivity index (χ0n) is 8.33. The molecule has 2 N–H and O–H groups in total. The molecule has 0 aliphatic rings. The van der Waals surface area contributed by atoms with Gasteiger partial charge in [-0.2, -0.15) is 0 Å². The lowest BCUT2D eigenvalue weighted by atomic mass is 10.1. The Morgan fingerprint density at radius 1 is 1.36 bits per heavy atom. The summed E-state index contributed by atoms with van der Waals surface area (Å²) in [6, 6.07) is 6.16. The van der Waals surface area contributed by atoms with Gasteiger partial charge in [0.1, 0.15) is 5.75 Å². The van der Waals surface area contributed by atoms with Crippen LogP contribution >= 0.6 is 11.3 Å². The summed E-state index contributed by atoms with van der Waals surface area (Å²) in [6.07, 6.45) is 1.00. The number of ether oxygens (including phenoxy) is 1. The molecule has 0 saturated carbocycles. The van der Waals surface area contributed by atoms with Gasteiger partial charge in [-0.15, -0.1) is 11.3 Å². The molecule has 2 rings (SSSR count). The van der Waals surface area contributed by atoms with Crippen molar-refractivity contribution in [2.24, 2.45) is 0 Å². The number of aryl methyl sites for hydroxylation is 1. The second-order valence-corrected chi connectivity index (χ2v) is 4.32. The number of fused-ring (bicyclic) bond motifs is 1. The largest absolute Gasteiger partial charge is 0.497 e. The number of methoxy groups -OCH3 is 1. The number of nitrogens with two attached hydrogens (primary N) is 1. The molecule has 0 amide bonds. The number of thiophene rings is 1. The first-order chi connectivity index (χ1) is 6.74. The highest BCUT2D eigenvalue weighted by Gasteiger charge is 2.06. The van der Waals surface area contributed by atoms with Crippen LogP contribution in [-0.2, 0) is 6.42 Å². The predicted molar refractivity (Wildman–Crippen MR) is 62.2 cm³/mol. The Bertz CT molecular complexity index is 462. The fourth-order valence-electron chi connectivity index (χ4n) is 1.61. The molecule has 0 atom stereocenters. The van der Waals surface area contributed by atoms with Crippen LogP contribution < -0.4 is 10.5 Å². The van der Waals surface area contributed by atoms with Gasteiger partial charge in [0, 0.05) is 4.70 Å². The van der Waals surface area contributed by atoms with Crippen molar-refractivity contribution in [2.75, 3.05) is 12.8 Å². The fraction of sp³-hybridized carbons (Fsp3) is 0.273. The molecule has 1 heterocycles. The van der Waals surface area contributed by atoms with Gasteiger partial charge in [0.2, 0.25) is 0 Å². The molecule has 14 heavy (non-hydrogen) atoms. The van der Waals surface area contributed by atoms with E-state index >= 15 is 0 Å². The van der Waals surface area contributed by atoms with Crippen molar-refractivity contribution in [1.29, 1.82) is 0 Å². The first-order valence-electron chi connectivity index (χ1n) is 4.60. The van der Waals surface area contributed by atoms with Gasteiger partial charge in [0.15, 0.2) is 0 Å². The minimum atomic E-state index is 0.864. The van der Waals surface area contributed by atoms with Crippen molar-refractivity contribution in [1.82, 2.24) is 0 Å². The van der Waals surface area contributed by atoms with E-state index in [2.05, 4.69) is 13.0 Å². The van der Waals surface area contributed by atoms with Crippen LogP contribution in [0.4, 0.5) is 5.00 Å². The summed E-state index contributed by atoms with van der Waals surface area (Å²) in [5, 5.41) is 2.12. The van der Waals surface area contributed by atoms with Gasteiger partial charge < -0.3 is 10.5 Å². The minimum Gasteiger partial charge on any atom is -0.497 e. The van der Waals surface area contributed by atoms with E-state index in [9.17, 15) is 0 Å². The molecule has 1 aromatic heterocycles. The number of benzene rings is 1. The highest BCUT2D eigenvalue weighted by atomic mass is 32.1. The van der Waals surface area contributed by atoms with E-state index in [0.29, 0.717) is 0 Å². The zero-order chi connectivity index (χ0) is 10.1. The summed E-state index contributed by atoms with van der Waals surface area (Å²) in [4.78, 5) is 0. The average Bonchev–Trinajstić information content (AvgIpc) is 2.56. The molecule has 1 aromatic carbocycles. The number of anilines is 1. The van der Waals surface area contributed by atoms with E-state index in [1.54, 1.807) is 18.4 Å². The minimum absolute atomic E-state index is 0.864. The molecule has 0 saturated heterocycles. The van der Waals surface area contributed by atoms with Gasteiger partial charge >= 0.3 is 0 Å². The standard InChI is InChI=1S/C11H13NOS/c1-3-7-4-8(13-2)5-10-9(7)6-11(12)14-10/h4-6H,3,12H2,1-2H3. The van der Waals surface area contributed by atoms with Crippen LogP contribution in [0.3, 0.4) is 0 Å². The van der Waals surface area contributed by atoms with Crippen LogP contribution in [0.1, 0.15) is 12.5 Å². The van der Waals surface area contributed by atoms with E-state index < -0.39 is 0 Å². The van der Waals surface area contributed by atoms with Crippen molar-refractivity contribution >= 4 is 26.4 Å². The number of hydrogen-bond donors (Lipinski definition) is 1. The van der Waals surface area contributed by atoms with E-state index in [1.165, 1.54) is 15.6 Å². The van der Waals surface area contributed by atoms with Crippen LogP contribution in [0.5, 0.6) is 5.75 Å². The molecular weight excluding hydrogens is 194 g/mol. The molecule has 0 radical (unpaired) electrons. The molecule has 74 valence electrons. The molecule has 2 nitrogen and oxygen atoms in total. The van der Waals surface area contributed by atoms with Crippen LogP contribution in [0.2, 0.25) is 0 Å². The number of hydrogen-bond acceptors (Lipinski definition) is 3. The Morgan fingerprint density at radius 3 is 2.79 bits per heavy atom. The number of rotatable bonds is 2. The van der Waals surface area contributed by atoms with Crippen molar-refractivity contribution in [3.63, 3.8) is 0 Å². The third kappa shape index (κ3) is 1.44. The van der Waals surface area contributed by atoms with Gasteiger partial charge in [-0.25, -0.2) is 0 Å². The third-order valence-electron chi connectivity index (χ3n) is 2.33. The lowest BCUT2D eigenvalue weighted by Crippen LogP contribution is -1.86. The second-order valence-electron chi connectivity index (χ2n) is 3.20. The molecule has 0 spiro atoms. The van der Waals surface area contributed by atoms with Crippen molar-refractivity contribution in [2.45, 2.75) is 13.3 Å². The fourth-order valence-corrected chi connectivity index (χ4v) is 2.52. The highest BCUT2D eigenvalue weighted by Crippen LogP contribution is 2.33. The summed E-state index contributed by atoms with van der Waals surface area (Å²) in [6.45, 7) is 2.14. The highest BCUT2D eigenvalue weighted by molar-refractivity contribution is 7.22. The maximum atomic E-state index is 5.78. The summed E-state index contributed by atoms with van der Waals surface area (Å²) in [5.41, 5.74) is 7.08. The third-order valence-corrected chi connectivity index (χ3v) is 3.24. The lowest BCUT2D eigenvalue weighted by molar-refractivity contribution is 0.415. The quantitative estimate of drug-likeness (QED) is 0.821. The van der Waals surface area contributed by atoms with Crippen molar-refractivity contribution < 1.29 is 4.74 Å². The molecule has 0 aliphatic heterocycles. The average molecular weight is 207 g/mol. The van der Waals surface area contributed by atoms with Gasteiger partial charge in [-0.05, 0) is 35.6 Å². The second kappa shape index (κ2) is 3.50. The van der Waals surface area contributed by atoms with Crippen LogP contribution in [0.25, 0.3) is 10.1 Å². The molecular formula is C11H13NOS. The summed E-state index contributed by atoms with van der Waals surface area (Å²) >= 11 is 1.61. The Hall–Kier alpha value is -1.22. The Kier molecular flexibility index (Phi) is 2.33. The van der Waals surface area contributed by atoms with Gasteiger partial charge in [-0.1, -0.05) is 6.92 Å². The first-order valence-corrected chi connectivity index (χ1v) is 5.42. The zero-order valence-corrected chi connectivity index (χ0v) is 9.15. The van der Waals surface area contributed by atoms with Gasteiger partial charge in [0.05, 0.1) is 12.1 Å². The molecule has 0 unspecified atom stereocenters. The Balaban J connectivity index is 2.72. The monoisotopic (exact) mass is 207 g/mol. The van der Waals surface area contributed by atoms with E-state index in [1.807, 2.05) is 12.1 Å². The summed E-state index contributed by atoms with van der Waals surface area (Å²) < 4.78 is 6.45. The van der Waals surface area contributed by atoms with Crippen LogP contribution in [0.15, 0.2) is 18.2 Å². The van der Waals surface area contributed by atoms with Crippen molar-refractivity contribution in [3.8, 4) is 5.75 Å². The molecule has 2 aromatic rings. The SMILES string of the molecule is CCc1cc(OC)cc2sc(N)cc12. The maximum Gasteiger partial charge on any atom is 0.120 e. The predicted octanol–water partition coefficient (Wildman–Crippen LogP) is 3.05. The molecule has 0 bridgehead atoms. The Morgan fingerprint density at radius 2 is 2.14 bits per heavy atom. The number of nitrogen functional groups attached to an aromatic ring is 1. The molecule has 0 aliphatic carbocycles. The van der Waals surface area contributed by atoms with Gasteiger partial charge in [-0.3, -0.25) is 0 Å². The molecule has 3 heteroatoms. The van der Waals surface area contributed by atoms with Crippen molar-refractivity contribution in [3.05, 3.63) is 23.8 Å². The topological polar surface area (TPSA) is 35.2 Å². The summed E-state index contributed by atoms with van der Waals surface area (Å²) in [5.74, 6) is 0.913. The maximum absolute atomic E-state index is 5.78. The smallest absolute Gasteiger partial charge is 0.120 e. The first kappa shape index (κ1) is 9.34. The van der Waals surface area contributed by atoms with E-state index in [-0.39, 0.29) is 0 Å². The van der Waals surface area contributed by atoms with E-state index in [0.717, 1.165) is 17.2 Å². The Labute approximate surface area is 87.3 Å². The van der Waals surface area contributed by atoms with Crippen LogP contribution in [-0.4, -0.2) is 7.11 Å². The normalized spacial score (nSPS) is 10.7.